The van der Waals surface area contributed by atoms with Gasteiger partial charge in [0, 0.05) is 37.6 Å². The highest BCUT2D eigenvalue weighted by Gasteiger charge is 2.47. The van der Waals surface area contributed by atoms with E-state index in [4.69, 9.17) is 25.8 Å². The van der Waals surface area contributed by atoms with Crippen LogP contribution in [0, 0.1) is 0 Å². The number of benzene rings is 3. The Labute approximate surface area is 226 Å². The monoisotopic (exact) mass is 536 g/mol. The molecule has 38 heavy (non-hydrogen) atoms. The van der Waals surface area contributed by atoms with Crippen LogP contribution in [0.4, 0.5) is 11.4 Å². The molecule has 0 radical (unpaired) electrons. The third-order valence-electron chi connectivity index (χ3n) is 6.31. The summed E-state index contributed by atoms with van der Waals surface area (Å²) in [6.45, 7) is 2.30. The van der Waals surface area contributed by atoms with Gasteiger partial charge in [0.1, 0.15) is 23.0 Å². The average molecular weight is 537 g/mol. The predicted molar refractivity (Wildman–Crippen MR) is 148 cm³/mol. The van der Waals surface area contributed by atoms with Gasteiger partial charge in [-0.25, -0.2) is 0 Å². The fraction of sp³-hybridized carbons (Fsp3) is 0.241. The highest BCUT2D eigenvalue weighted by molar-refractivity contribution is 6.51. The molecule has 198 valence electrons. The summed E-state index contributed by atoms with van der Waals surface area (Å²) in [6, 6.07) is 16.4. The van der Waals surface area contributed by atoms with Gasteiger partial charge in [-0.2, -0.15) is 0 Å². The number of halogens is 1. The Kier molecular flexibility index (Phi) is 7.83. The van der Waals surface area contributed by atoms with Gasteiger partial charge in [0.2, 0.25) is 0 Å². The van der Waals surface area contributed by atoms with E-state index in [1.54, 1.807) is 24.3 Å². The van der Waals surface area contributed by atoms with Crippen molar-refractivity contribution in [3.8, 4) is 17.2 Å². The van der Waals surface area contributed by atoms with E-state index in [-0.39, 0.29) is 21.9 Å². The number of aliphatic hydroxyl groups excluding tert-OH is 1. The van der Waals surface area contributed by atoms with E-state index < -0.39 is 23.5 Å². The lowest BCUT2D eigenvalue weighted by molar-refractivity contribution is -0.132. The Morgan fingerprint density at radius 1 is 1.00 bits per heavy atom. The largest absolute Gasteiger partial charge is 0.507 e. The van der Waals surface area contributed by atoms with Crippen molar-refractivity contribution in [1.29, 1.82) is 0 Å². The molecule has 3 aromatic rings. The third kappa shape index (κ3) is 4.87. The summed E-state index contributed by atoms with van der Waals surface area (Å²) in [5.74, 6) is -0.897. The van der Waals surface area contributed by atoms with E-state index in [1.165, 1.54) is 31.3 Å². The van der Waals surface area contributed by atoms with Crippen molar-refractivity contribution >= 4 is 40.4 Å². The van der Waals surface area contributed by atoms with E-state index in [9.17, 15) is 14.7 Å². The van der Waals surface area contributed by atoms with Gasteiger partial charge in [-0.15, -0.1) is 0 Å². The normalized spacial score (nSPS) is 16.5. The van der Waals surface area contributed by atoms with Crippen LogP contribution in [0.25, 0.3) is 5.76 Å². The molecule has 9 heteroatoms. The van der Waals surface area contributed by atoms with Crippen molar-refractivity contribution in [3.63, 3.8) is 0 Å². The number of ether oxygens (including phenoxy) is 3. The van der Waals surface area contributed by atoms with Gasteiger partial charge in [-0.05, 0) is 42.8 Å². The number of amides is 1. The molecule has 8 nitrogen and oxygen atoms in total. The van der Waals surface area contributed by atoms with Crippen LogP contribution in [0.5, 0.6) is 17.2 Å². The van der Waals surface area contributed by atoms with Gasteiger partial charge in [-0.3, -0.25) is 14.5 Å². The molecule has 1 aliphatic heterocycles. The van der Waals surface area contributed by atoms with Gasteiger partial charge in [-0.1, -0.05) is 29.8 Å². The quantitative estimate of drug-likeness (QED) is 0.233. The maximum absolute atomic E-state index is 13.5. The summed E-state index contributed by atoms with van der Waals surface area (Å²) in [7, 11) is 6.72. The van der Waals surface area contributed by atoms with E-state index in [0.29, 0.717) is 29.4 Å². The van der Waals surface area contributed by atoms with Crippen LogP contribution in [0.15, 0.2) is 66.2 Å². The third-order valence-corrected chi connectivity index (χ3v) is 6.60. The molecular formula is C29H29ClN2O6. The number of hydrogen-bond donors (Lipinski definition) is 1. The summed E-state index contributed by atoms with van der Waals surface area (Å²) in [6.07, 6.45) is 0. The van der Waals surface area contributed by atoms with Crippen molar-refractivity contribution < 1.29 is 28.9 Å². The number of hydrogen-bond acceptors (Lipinski definition) is 7. The molecule has 0 saturated carbocycles. The zero-order valence-corrected chi connectivity index (χ0v) is 22.6. The first-order valence-electron chi connectivity index (χ1n) is 11.9. The molecule has 1 aliphatic rings. The van der Waals surface area contributed by atoms with Crippen LogP contribution in [-0.2, 0) is 9.59 Å². The number of methoxy groups -OCH3 is 2. The summed E-state index contributed by atoms with van der Waals surface area (Å²) in [5.41, 5.74) is 2.10. The Bertz CT molecular complexity index is 1400. The van der Waals surface area contributed by atoms with Gasteiger partial charge in [0.05, 0.1) is 43.0 Å². The van der Waals surface area contributed by atoms with Crippen LogP contribution in [0.1, 0.15) is 24.1 Å². The number of carbonyl (C=O) groups excluding carboxylic acids is 2. The minimum atomic E-state index is -0.923. The van der Waals surface area contributed by atoms with E-state index in [1.807, 2.05) is 50.2 Å². The van der Waals surface area contributed by atoms with Crippen molar-refractivity contribution in [2.45, 2.75) is 13.0 Å². The summed E-state index contributed by atoms with van der Waals surface area (Å²) < 4.78 is 16.3. The Morgan fingerprint density at radius 3 is 2.29 bits per heavy atom. The van der Waals surface area contributed by atoms with Gasteiger partial charge < -0.3 is 24.2 Å². The molecule has 1 N–H and O–H groups in total. The Hall–Kier alpha value is -4.17. The molecule has 1 unspecified atom stereocenters. The first kappa shape index (κ1) is 26.9. The second-order valence-electron chi connectivity index (χ2n) is 8.77. The SMILES string of the molecule is CCOc1cccc(N2C(=O)C(=O)/C(=C(/O)c3cc(Cl)c(OC)cc3OC)C2c2ccc(N(C)C)cc2)c1. The standard InChI is InChI=1S/C29H29ClN2O6/c1-6-38-20-9-7-8-19(14-20)32-26(17-10-12-18(13-11-17)31(2)3)25(28(34)29(32)35)27(33)21-15-22(30)24(37-5)16-23(21)36-4/h7-16,26,33H,6H2,1-5H3/b27-25+. The lowest BCUT2D eigenvalue weighted by atomic mass is 9.94. The summed E-state index contributed by atoms with van der Waals surface area (Å²) >= 11 is 6.35. The van der Waals surface area contributed by atoms with E-state index in [0.717, 1.165) is 5.69 Å². The fourth-order valence-corrected chi connectivity index (χ4v) is 4.69. The number of ketones is 1. The Morgan fingerprint density at radius 2 is 1.68 bits per heavy atom. The predicted octanol–water partition coefficient (Wildman–Crippen LogP) is 5.45. The second-order valence-corrected chi connectivity index (χ2v) is 9.18. The molecule has 1 amide bonds. The molecule has 1 fully saturated rings. The van der Waals surface area contributed by atoms with Crippen LogP contribution >= 0.6 is 11.6 Å². The van der Waals surface area contributed by atoms with Gasteiger partial charge >= 0.3 is 0 Å². The topological polar surface area (TPSA) is 88.5 Å². The first-order valence-corrected chi connectivity index (χ1v) is 12.3. The zero-order chi connectivity index (χ0) is 27.6. The second kappa shape index (κ2) is 11.1. The lowest BCUT2D eigenvalue weighted by Crippen LogP contribution is -2.29. The number of Topliss-reactive ketones (excluding diaryl/α,β-unsaturated/α-hetero) is 1. The number of anilines is 2. The summed E-state index contributed by atoms with van der Waals surface area (Å²) in [5, 5.41) is 11.8. The van der Waals surface area contributed by atoms with E-state index >= 15 is 0 Å². The molecule has 1 heterocycles. The van der Waals surface area contributed by atoms with Crippen molar-refractivity contribution in [2.75, 3.05) is 44.7 Å². The van der Waals surface area contributed by atoms with Crippen molar-refractivity contribution in [1.82, 2.24) is 0 Å². The highest BCUT2D eigenvalue weighted by Crippen LogP contribution is 2.45. The van der Waals surface area contributed by atoms with Crippen molar-refractivity contribution in [2.24, 2.45) is 0 Å². The van der Waals surface area contributed by atoms with Crippen molar-refractivity contribution in [3.05, 3.63) is 82.4 Å². The average Bonchev–Trinajstić information content (AvgIpc) is 3.18. The zero-order valence-electron chi connectivity index (χ0n) is 21.8. The fourth-order valence-electron chi connectivity index (χ4n) is 4.45. The first-order chi connectivity index (χ1) is 18.2. The molecule has 0 bridgehead atoms. The maximum Gasteiger partial charge on any atom is 0.300 e. The number of nitrogens with zero attached hydrogens (tertiary/aromatic N) is 2. The molecule has 1 atom stereocenters. The Balaban J connectivity index is 1.96. The molecule has 0 spiro atoms. The number of carbonyl (C=O) groups is 2. The minimum Gasteiger partial charge on any atom is -0.507 e. The number of rotatable bonds is 8. The summed E-state index contributed by atoms with van der Waals surface area (Å²) in [4.78, 5) is 30.4. The molecule has 3 aromatic carbocycles. The number of aliphatic hydroxyl groups is 1. The van der Waals surface area contributed by atoms with Gasteiger partial charge in [0.25, 0.3) is 11.7 Å². The minimum absolute atomic E-state index is 0.0889. The maximum atomic E-state index is 13.5. The van der Waals surface area contributed by atoms with Crippen LogP contribution < -0.4 is 24.0 Å². The molecule has 0 aromatic heterocycles. The van der Waals surface area contributed by atoms with Crippen LogP contribution in [0.2, 0.25) is 5.02 Å². The van der Waals surface area contributed by atoms with Crippen LogP contribution in [0.3, 0.4) is 0 Å². The van der Waals surface area contributed by atoms with Crippen LogP contribution in [-0.4, -0.2) is 51.7 Å². The lowest BCUT2D eigenvalue weighted by Gasteiger charge is -2.26. The molecular weight excluding hydrogens is 508 g/mol. The molecule has 0 aliphatic carbocycles. The molecule has 4 rings (SSSR count). The molecule has 1 saturated heterocycles. The van der Waals surface area contributed by atoms with Gasteiger partial charge in [0.15, 0.2) is 0 Å². The highest BCUT2D eigenvalue weighted by atomic mass is 35.5. The van der Waals surface area contributed by atoms with E-state index in [2.05, 4.69) is 0 Å². The smallest absolute Gasteiger partial charge is 0.300 e.